The van der Waals surface area contributed by atoms with Crippen molar-refractivity contribution in [1.82, 2.24) is 0 Å². The van der Waals surface area contributed by atoms with Gasteiger partial charge in [-0.05, 0) is 37.1 Å². The lowest BCUT2D eigenvalue weighted by molar-refractivity contribution is -0.112. The molecule has 2 heterocycles. The molecule has 0 aromatic heterocycles. The summed E-state index contributed by atoms with van der Waals surface area (Å²) in [7, 11) is 2.05. The number of nitrogens with one attached hydrogen (secondary N) is 1. The van der Waals surface area contributed by atoms with Gasteiger partial charge < -0.3 is 10.2 Å². The minimum absolute atomic E-state index is 0.0591. The molecule has 18 heavy (non-hydrogen) atoms. The van der Waals surface area contributed by atoms with Gasteiger partial charge in [0.05, 0.1) is 11.4 Å². The lowest BCUT2D eigenvalue weighted by atomic mass is 10.1. The van der Waals surface area contributed by atoms with Crippen LogP contribution in [0.25, 0.3) is 0 Å². The van der Waals surface area contributed by atoms with Gasteiger partial charge >= 0.3 is 0 Å². The zero-order chi connectivity index (χ0) is 12.9. The van der Waals surface area contributed by atoms with E-state index >= 15 is 0 Å². The molecule has 0 atom stereocenters. The van der Waals surface area contributed by atoms with Gasteiger partial charge in [-0.3, -0.25) is 4.79 Å². The van der Waals surface area contributed by atoms with Gasteiger partial charge in [0.15, 0.2) is 0 Å². The Morgan fingerprint density at radius 3 is 2.72 bits per heavy atom. The molecule has 0 unspecified atom stereocenters. The Balaban J connectivity index is 2.18. The van der Waals surface area contributed by atoms with Crippen LogP contribution in [0.1, 0.15) is 11.1 Å². The maximum absolute atomic E-state index is 12.2. The molecule has 0 saturated heterocycles. The van der Waals surface area contributed by atoms with Crippen LogP contribution in [0.15, 0.2) is 23.4 Å². The predicted octanol–water partition coefficient (Wildman–Crippen LogP) is 2.69. The molecule has 1 N–H and O–H groups in total. The van der Waals surface area contributed by atoms with Crippen molar-refractivity contribution in [2.75, 3.05) is 28.8 Å². The molecule has 1 amide bonds. The van der Waals surface area contributed by atoms with Gasteiger partial charge in [0.1, 0.15) is 0 Å². The number of amides is 1. The van der Waals surface area contributed by atoms with Crippen molar-refractivity contribution >= 4 is 29.0 Å². The summed E-state index contributed by atoms with van der Waals surface area (Å²) in [6.07, 6.45) is 0. The van der Waals surface area contributed by atoms with Crippen molar-refractivity contribution < 1.29 is 4.79 Å². The number of hydrogen-bond donors (Lipinski definition) is 1. The molecular weight excluding hydrogens is 244 g/mol. The molecule has 3 rings (SSSR count). The van der Waals surface area contributed by atoms with E-state index in [1.54, 1.807) is 11.8 Å². The number of aryl methyl sites for hydroxylation is 2. The maximum atomic E-state index is 12.2. The molecule has 1 aromatic carbocycles. The molecule has 0 aliphatic carbocycles. The van der Waals surface area contributed by atoms with Crippen molar-refractivity contribution in [3.8, 4) is 0 Å². The van der Waals surface area contributed by atoms with Crippen LogP contribution in [0.5, 0.6) is 0 Å². The number of nitrogens with zero attached hydrogens (tertiary/aromatic N) is 1. The first-order chi connectivity index (χ1) is 8.58. The van der Waals surface area contributed by atoms with E-state index in [9.17, 15) is 4.79 Å². The Bertz CT molecular complexity index is 577. The van der Waals surface area contributed by atoms with E-state index in [2.05, 4.69) is 43.2 Å². The third-order valence-electron chi connectivity index (χ3n) is 3.73. The number of fused-ring (bicyclic) bond motifs is 1. The number of hydrogen-bond acceptors (Lipinski definition) is 3. The number of benzene rings is 1. The third kappa shape index (κ3) is 1.63. The largest absolute Gasteiger partial charge is 0.345 e. The Hall–Kier alpha value is -1.42. The smallest absolute Gasteiger partial charge is 0.254 e. The van der Waals surface area contributed by atoms with E-state index in [-0.39, 0.29) is 5.91 Å². The predicted molar refractivity (Wildman–Crippen MR) is 77.3 cm³/mol. The number of carbonyl (C=O) groups excluding carboxylic acids is 1. The number of anilines is 2. The molecule has 1 aromatic rings. The van der Waals surface area contributed by atoms with Crippen LogP contribution < -0.4 is 10.2 Å². The molecule has 0 bridgehead atoms. The average Bonchev–Trinajstić information content (AvgIpc) is 2.78. The highest BCUT2D eigenvalue weighted by atomic mass is 32.2. The minimum atomic E-state index is 0.0591. The van der Waals surface area contributed by atoms with E-state index in [4.69, 9.17) is 0 Å². The normalized spacial score (nSPS) is 18.4. The van der Waals surface area contributed by atoms with E-state index in [0.717, 1.165) is 34.2 Å². The van der Waals surface area contributed by atoms with Gasteiger partial charge in [0, 0.05) is 29.8 Å². The van der Waals surface area contributed by atoms with Gasteiger partial charge in [0.2, 0.25) is 0 Å². The van der Waals surface area contributed by atoms with Crippen LogP contribution in [-0.4, -0.2) is 24.5 Å². The molecule has 0 saturated carbocycles. The summed E-state index contributed by atoms with van der Waals surface area (Å²) in [4.78, 5) is 14.4. The minimum Gasteiger partial charge on any atom is -0.345 e. The number of thioether (sulfide) groups is 1. The SMILES string of the molecule is Cc1cc2c(cc1C)N(C)C1=C(CSC1)C(=O)N2. The van der Waals surface area contributed by atoms with Gasteiger partial charge in [0.25, 0.3) is 5.91 Å². The molecule has 94 valence electrons. The van der Waals surface area contributed by atoms with Crippen LogP contribution in [0.2, 0.25) is 0 Å². The highest BCUT2D eigenvalue weighted by molar-refractivity contribution is 8.00. The fourth-order valence-electron chi connectivity index (χ4n) is 2.44. The lowest BCUT2D eigenvalue weighted by Gasteiger charge is -2.22. The van der Waals surface area contributed by atoms with Crippen molar-refractivity contribution in [2.24, 2.45) is 0 Å². The van der Waals surface area contributed by atoms with E-state index in [1.165, 1.54) is 11.1 Å². The first-order valence-electron chi connectivity index (χ1n) is 6.04. The highest BCUT2D eigenvalue weighted by Gasteiger charge is 2.29. The second kappa shape index (κ2) is 4.05. The van der Waals surface area contributed by atoms with E-state index < -0.39 is 0 Å². The van der Waals surface area contributed by atoms with Crippen molar-refractivity contribution in [3.05, 3.63) is 34.5 Å². The second-order valence-corrected chi connectivity index (χ2v) is 5.87. The van der Waals surface area contributed by atoms with Gasteiger partial charge in [-0.1, -0.05) is 0 Å². The summed E-state index contributed by atoms with van der Waals surface area (Å²) in [6.45, 7) is 4.18. The van der Waals surface area contributed by atoms with Crippen LogP contribution in [-0.2, 0) is 4.79 Å². The number of carbonyl (C=O) groups is 1. The zero-order valence-corrected chi connectivity index (χ0v) is 11.6. The fourth-order valence-corrected chi connectivity index (χ4v) is 3.60. The van der Waals surface area contributed by atoms with Crippen molar-refractivity contribution in [2.45, 2.75) is 13.8 Å². The van der Waals surface area contributed by atoms with Gasteiger partial charge in [-0.2, -0.15) is 11.8 Å². The molecule has 2 aliphatic heterocycles. The van der Waals surface area contributed by atoms with Crippen LogP contribution >= 0.6 is 11.8 Å². The van der Waals surface area contributed by atoms with Crippen molar-refractivity contribution in [3.63, 3.8) is 0 Å². The Morgan fingerprint density at radius 1 is 1.22 bits per heavy atom. The van der Waals surface area contributed by atoms with Crippen LogP contribution in [0.4, 0.5) is 11.4 Å². The lowest BCUT2D eigenvalue weighted by Crippen LogP contribution is -2.18. The number of rotatable bonds is 0. The maximum Gasteiger partial charge on any atom is 0.254 e. The molecule has 0 radical (unpaired) electrons. The summed E-state index contributed by atoms with van der Waals surface area (Å²) < 4.78 is 0. The molecule has 3 nitrogen and oxygen atoms in total. The summed E-state index contributed by atoms with van der Waals surface area (Å²) in [5.41, 5.74) is 6.56. The average molecular weight is 260 g/mol. The monoisotopic (exact) mass is 260 g/mol. The molecule has 0 fully saturated rings. The zero-order valence-electron chi connectivity index (χ0n) is 10.8. The highest BCUT2D eigenvalue weighted by Crippen LogP contribution is 2.38. The quantitative estimate of drug-likeness (QED) is 0.778. The Kier molecular flexibility index (Phi) is 2.63. The molecular formula is C14H16N2OS. The Labute approximate surface area is 111 Å². The van der Waals surface area contributed by atoms with E-state index in [0.29, 0.717) is 0 Å². The van der Waals surface area contributed by atoms with Gasteiger partial charge in [-0.25, -0.2) is 0 Å². The van der Waals surface area contributed by atoms with Gasteiger partial charge in [-0.15, -0.1) is 0 Å². The summed E-state index contributed by atoms with van der Waals surface area (Å²) in [5.74, 6) is 1.80. The topological polar surface area (TPSA) is 32.3 Å². The Morgan fingerprint density at radius 2 is 1.94 bits per heavy atom. The van der Waals surface area contributed by atoms with E-state index in [1.807, 2.05) is 0 Å². The molecule has 0 spiro atoms. The first-order valence-corrected chi connectivity index (χ1v) is 7.19. The summed E-state index contributed by atoms with van der Waals surface area (Å²) in [6, 6.07) is 4.22. The summed E-state index contributed by atoms with van der Waals surface area (Å²) >= 11 is 1.80. The molecule has 2 aliphatic rings. The standard InChI is InChI=1S/C14H16N2OS/c1-8-4-11-12(5-9(8)2)16(3)13-7-18-6-10(13)14(17)15-11/h4-5H,6-7H2,1-3H3,(H,15,17). The second-order valence-electron chi connectivity index (χ2n) is 4.88. The third-order valence-corrected chi connectivity index (χ3v) is 4.70. The first kappa shape index (κ1) is 11.7. The molecule has 4 heteroatoms. The summed E-state index contributed by atoms with van der Waals surface area (Å²) in [5, 5.41) is 3.04. The van der Waals surface area contributed by atoms with Crippen LogP contribution in [0, 0.1) is 13.8 Å². The van der Waals surface area contributed by atoms with Crippen molar-refractivity contribution in [1.29, 1.82) is 0 Å². The fraction of sp³-hybridized carbons (Fsp3) is 0.357. The van der Waals surface area contributed by atoms with Crippen LogP contribution in [0.3, 0.4) is 0 Å².